The summed E-state index contributed by atoms with van der Waals surface area (Å²) in [6.45, 7) is 7.68. The smallest absolute Gasteiger partial charge is 0.417 e. The molecule has 1 aromatic carbocycles. The molecule has 0 spiro atoms. The first-order chi connectivity index (χ1) is 10.7. The van der Waals surface area contributed by atoms with Crippen LogP contribution in [0.5, 0.6) is 0 Å². The first-order valence-corrected chi connectivity index (χ1v) is 7.51. The van der Waals surface area contributed by atoms with Crippen molar-refractivity contribution in [2.24, 2.45) is 16.5 Å². The number of amides is 1. The van der Waals surface area contributed by atoms with E-state index in [-0.39, 0.29) is 18.2 Å². The normalized spacial score (nSPS) is 12.2. The van der Waals surface area contributed by atoms with E-state index in [0.29, 0.717) is 13.0 Å². The Hall–Kier alpha value is -2.15. The first-order valence-electron chi connectivity index (χ1n) is 7.51. The second kappa shape index (κ2) is 7.92. The van der Waals surface area contributed by atoms with Gasteiger partial charge in [0.25, 0.3) is 0 Å². The number of nitrogens with two attached hydrogens (primary N) is 2. The van der Waals surface area contributed by atoms with Gasteiger partial charge < -0.3 is 16.2 Å². The number of rotatable bonds is 4. The molecular weight excluding hydrogens is 299 g/mol. The van der Waals surface area contributed by atoms with E-state index in [2.05, 4.69) is 4.99 Å². The molecule has 0 saturated heterocycles. The number of carbonyl (C=O) groups excluding carboxylic acids is 1. The second-order valence-electron chi connectivity index (χ2n) is 6.02. The lowest BCUT2D eigenvalue weighted by atomic mass is 10.1. The fourth-order valence-corrected chi connectivity index (χ4v) is 1.85. The van der Waals surface area contributed by atoms with Crippen LogP contribution in [-0.2, 0) is 11.2 Å². The molecule has 0 aliphatic carbocycles. The van der Waals surface area contributed by atoms with Crippen LogP contribution in [0.2, 0.25) is 0 Å². The molecule has 0 aromatic heterocycles. The van der Waals surface area contributed by atoms with Crippen molar-refractivity contribution in [3.63, 3.8) is 0 Å². The zero-order chi connectivity index (χ0) is 17.6. The third-order valence-electron chi connectivity index (χ3n) is 2.89. The summed E-state index contributed by atoms with van der Waals surface area (Å²) >= 11 is 0. The molecule has 0 heterocycles. The lowest BCUT2D eigenvalue weighted by molar-refractivity contribution is 0.0375. The van der Waals surface area contributed by atoms with E-state index < -0.39 is 17.5 Å². The molecule has 0 atom stereocenters. The lowest BCUT2D eigenvalue weighted by Gasteiger charge is -2.25. The maximum Gasteiger partial charge on any atom is 0.417 e. The zero-order valence-corrected chi connectivity index (χ0v) is 14.1. The molecule has 0 aliphatic rings. The van der Waals surface area contributed by atoms with Gasteiger partial charge in [-0.1, -0.05) is 6.07 Å². The molecular formula is C16H25FN4O2. The average molecular weight is 324 g/mol. The van der Waals surface area contributed by atoms with Crippen molar-refractivity contribution in [3.05, 3.63) is 29.6 Å². The van der Waals surface area contributed by atoms with Gasteiger partial charge >= 0.3 is 6.09 Å². The van der Waals surface area contributed by atoms with Gasteiger partial charge in [-0.25, -0.2) is 19.1 Å². The summed E-state index contributed by atoms with van der Waals surface area (Å²) in [7, 11) is 0. The van der Waals surface area contributed by atoms with E-state index in [1.54, 1.807) is 33.8 Å². The molecule has 1 rings (SSSR count). The Balaban J connectivity index is 2.98. The number of guanidine groups is 1. The summed E-state index contributed by atoms with van der Waals surface area (Å²) in [5.41, 5.74) is 11.5. The van der Waals surface area contributed by atoms with Crippen molar-refractivity contribution in [1.29, 1.82) is 0 Å². The molecule has 1 amide bonds. The molecule has 4 N–H and O–H groups in total. The minimum absolute atomic E-state index is 0.0604. The number of ether oxygens (including phenoxy) is 1. The van der Waals surface area contributed by atoms with Crippen LogP contribution in [0, 0.1) is 5.82 Å². The van der Waals surface area contributed by atoms with Gasteiger partial charge in [-0.15, -0.1) is 0 Å². The third-order valence-corrected chi connectivity index (χ3v) is 2.89. The van der Waals surface area contributed by atoms with Crippen LogP contribution in [0.25, 0.3) is 0 Å². The van der Waals surface area contributed by atoms with Crippen molar-refractivity contribution in [1.82, 2.24) is 4.90 Å². The SMILES string of the molecule is CCN(C(=O)OC(C)(C)C)C(N)=Nc1ccc(CCN)cc1F. The fraction of sp³-hybridized carbons (Fsp3) is 0.500. The Morgan fingerprint density at radius 2 is 2.04 bits per heavy atom. The maximum atomic E-state index is 14.0. The predicted octanol–water partition coefficient (Wildman–Crippen LogP) is 2.53. The molecule has 0 saturated carbocycles. The lowest BCUT2D eigenvalue weighted by Crippen LogP contribution is -2.44. The van der Waals surface area contributed by atoms with Crippen molar-refractivity contribution < 1.29 is 13.9 Å². The summed E-state index contributed by atoms with van der Waals surface area (Å²) < 4.78 is 19.3. The minimum atomic E-state index is -0.653. The number of carbonyl (C=O) groups is 1. The quantitative estimate of drug-likeness (QED) is 0.657. The number of nitrogens with zero attached hydrogens (tertiary/aromatic N) is 2. The summed E-state index contributed by atoms with van der Waals surface area (Å²) in [6, 6.07) is 4.60. The molecule has 1 aromatic rings. The number of aliphatic imine (C=N–C) groups is 1. The van der Waals surface area contributed by atoms with E-state index in [0.717, 1.165) is 10.5 Å². The van der Waals surface area contributed by atoms with E-state index in [9.17, 15) is 9.18 Å². The van der Waals surface area contributed by atoms with Gasteiger partial charge in [-0.05, 0) is 58.4 Å². The van der Waals surface area contributed by atoms with Gasteiger partial charge in [0.2, 0.25) is 5.96 Å². The highest BCUT2D eigenvalue weighted by atomic mass is 19.1. The summed E-state index contributed by atoms with van der Waals surface area (Å²) in [4.78, 5) is 17.2. The molecule has 0 unspecified atom stereocenters. The van der Waals surface area contributed by atoms with Gasteiger partial charge in [0.15, 0.2) is 0 Å². The summed E-state index contributed by atoms with van der Waals surface area (Å²) in [5, 5.41) is 0. The molecule has 0 radical (unpaired) electrons. The molecule has 0 bridgehead atoms. The van der Waals surface area contributed by atoms with Crippen molar-refractivity contribution in [2.75, 3.05) is 13.1 Å². The van der Waals surface area contributed by atoms with Gasteiger partial charge in [-0.3, -0.25) is 0 Å². The van der Waals surface area contributed by atoms with E-state index in [1.165, 1.54) is 12.1 Å². The molecule has 6 nitrogen and oxygen atoms in total. The van der Waals surface area contributed by atoms with E-state index >= 15 is 0 Å². The highest BCUT2D eigenvalue weighted by molar-refractivity contribution is 5.94. The Bertz CT molecular complexity index is 582. The standard InChI is InChI=1S/C16H25FN4O2/c1-5-21(15(22)23-16(2,3)4)14(19)20-13-7-6-11(8-9-18)10-12(13)17/h6-7,10H,5,8-9,18H2,1-4H3,(H2,19,20). The van der Waals surface area contributed by atoms with E-state index in [1.807, 2.05) is 0 Å². The Kier molecular flexibility index (Phi) is 6.50. The third kappa shape index (κ3) is 5.86. The second-order valence-corrected chi connectivity index (χ2v) is 6.02. The van der Waals surface area contributed by atoms with Crippen LogP contribution in [0.4, 0.5) is 14.9 Å². The van der Waals surface area contributed by atoms with Crippen LogP contribution in [0.1, 0.15) is 33.3 Å². The monoisotopic (exact) mass is 324 g/mol. The molecule has 128 valence electrons. The van der Waals surface area contributed by atoms with Crippen LogP contribution in [0.15, 0.2) is 23.2 Å². The van der Waals surface area contributed by atoms with Crippen LogP contribution >= 0.6 is 0 Å². The fourth-order valence-electron chi connectivity index (χ4n) is 1.85. The van der Waals surface area contributed by atoms with Gasteiger partial charge in [0.05, 0.1) is 0 Å². The molecule has 7 heteroatoms. The number of hydrogen-bond acceptors (Lipinski definition) is 4. The highest BCUT2D eigenvalue weighted by Gasteiger charge is 2.23. The number of hydrogen-bond donors (Lipinski definition) is 2. The average Bonchev–Trinajstić information content (AvgIpc) is 2.41. The molecule has 0 aliphatic heterocycles. The Labute approximate surface area is 136 Å². The summed E-state index contributed by atoms with van der Waals surface area (Å²) in [6.07, 6.45) is -0.0449. The van der Waals surface area contributed by atoms with Gasteiger partial charge in [-0.2, -0.15) is 0 Å². The van der Waals surface area contributed by atoms with Crippen LogP contribution in [0.3, 0.4) is 0 Å². The molecule has 0 fully saturated rings. The zero-order valence-electron chi connectivity index (χ0n) is 14.1. The Morgan fingerprint density at radius 3 is 2.52 bits per heavy atom. The predicted molar refractivity (Wildman–Crippen MR) is 89.1 cm³/mol. The van der Waals surface area contributed by atoms with Crippen molar-refractivity contribution in [2.45, 2.75) is 39.7 Å². The largest absolute Gasteiger partial charge is 0.443 e. The van der Waals surface area contributed by atoms with Crippen LogP contribution in [-0.4, -0.2) is 35.6 Å². The van der Waals surface area contributed by atoms with Gasteiger partial charge in [0, 0.05) is 6.54 Å². The number of benzene rings is 1. The Morgan fingerprint density at radius 1 is 1.39 bits per heavy atom. The van der Waals surface area contributed by atoms with Gasteiger partial charge in [0.1, 0.15) is 17.1 Å². The van der Waals surface area contributed by atoms with Crippen molar-refractivity contribution >= 4 is 17.7 Å². The van der Waals surface area contributed by atoms with E-state index in [4.69, 9.17) is 16.2 Å². The van der Waals surface area contributed by atoms with Crippen molar-refractivity contribution in [3.8, 4) is 0 Å². The summed E-state index contributed by atoms with van der Waals surface area (Å²) in [5.74, 6) is -0.633. The highest BCUT2D eigenvalue weighted by Crippen LogP contribution is 2.20. The molecule has 23 heavy (non-hydrogen) atoms. The van der Waals surface area contributed by atoms with Crippen LogP contribution < -0.4 is 11.5 Å². The maximum absolute atomic E-state index is 14.0. The topological polar surface area (TPSA) is 93.9 Å². The minimum Gasteiger partial charge on any atom is -0.443 e. The first kappa shape index (κ1) is 18.9. The number of halogens is 1.